The van der Waals surface area contributed by atoms with Crippen molar-refractivity contribution in [1.29, 1.82) is 21.2 Å². The van der Waals surface area contributed by atoms with Gasteiger partial charge in [-0.2, -0.15) is 15.8 Å². The summed E-state index contributed by atoms with van der Waals surface area (Å²) in [4.78, 5) is 1.34. The SMILES string of the molecule is CC[NH+]1CC=C2C(C#N)C(=N)C(C#N)(C#N)[C@@H](c3ccc(OC)c4ccccc34)[C@@H]2C1. The van der Waals surface area contributed by atoms with Crippen molar-refractivity contribution >= 4 is 16.5 Å². The standard InChI is InChI=1S/C25H23N5O/c1-3-30-11-10-17-20(12-26)24(29)25(14-27,15-28)23(21(17)13-30)19-8-9-22(31-2)18-7-5-4-6-16(18)19/h4-10,20-21,23,29H,3,11,13H2,1-2H3/p+1/t20?,21-,23+/m1/s1. The van der Waals surface area contributed by atoms with Crippen molar-refractivity contribution in [3.8, 4) is 24.0 Å². The van der Waals surface area contributed by atoms with E-state index in [-0.39, 0.29) is 11.6 Å². The van der Waals surface area contributed by atoms with Crippen LogP contribution in [0.2, 0.25) is 0 Å². The van der Waals surface area contributed by atoms with Gasteiger partial charge in [-0.25, -0.2) is 0 Å². The Balaban J connectivity index is 2.04. The molecule has 0 amide bonds. The van der Waals surface area contributed by atoms with Gasteiger partial charge in [-0.3, -0.25) is 0 Å². The molecule has 6 nitrogen and oxygen atoms in total. The molecule has 4 rings (SSSR count). The summed E-state index contributed by atoms with van der Waals surface area (Å²) in [6.45, 7) is 4.54. The first-order chi connectivity index (χ1) is 15.1. The quantitative estimate of drug-likeness (QED) is 0.758. The number of hydrogen-bond acceptors (Lipinski definition) is 5. The molecule has 2 unspecified atom stereocenters. The molecule has 0 bridgehead atoms. The highest BCUT2D eigenvalue weighted by Crippen LogP contribution is 2.54. The van der Waals surface area contributed by atoms with Crippen LogP contribution in [0.4, 0.5) is 0 Å². The summed E-state index contributed by atoms with van der Waals surface area (Å²) in [5.74, 6) is -0.814. The molecular weight excluding hydrogens is 386 g/mol. The number of benzene rings is 2. The van der Waals surface area contributed by atoms with Gasteiger partial charge in [-0.05, 0) is 35.6 Å². The molecule has 1 fully saturated rings. The Morgan fingerprint density at radius 2 is 1.84 bits per heavy atom. The smallest absolute Gasteiger partial charge is 0.189 e. The number of nitrogens with one attached hydrogen (secondary N) is 2. The molecule has 1 aliphatic carbocycles. The fraction of sp³-hybridized carbons (Fsp3) is 0.360. The van der Waals surface area contributed by atoms with Gasteiger partial charge < -0.3 is 15.0 Å². The third kappa shape index (κ3) is 2.90. The van der Waals surface area contributed by atoms with Crippen molar-refractivity contribution < 1.29 is 9.64 Å². The topological polar surface area (TPSA) is 109 Å². The number of methoxy groups -OCH3 is 1. The molecule has 1 aliphatic heterocycles. The first-order valence-electron chi connectivity index (χ1n) is 10.5. The number of rotatable bonds is 3. The van der Waals surface area contributed by atoms with E-state index in [1.165, 1.54) is 4.90 Å². The summed E-state index contributed by atoms with van der Waals surface area (Å²) < 4.78 is 5.54. The van der Waals surface area contributed by atoms with E-state index in [2.05, 4.69) is 31.2 Å². The van der Waals surface area contributed by atoms with E-state index in [0.717, 1.165) is 47.3 Å². The number of fused-ring (bicyclic) bond motifs is 2. The molecule has 2 aliphatic rings. The Kier molecular flexibility index (Phi) is 5.24. The Labute approximate surface area is 182 Å². The van der Waals surface area contributed by atoms with E-state index < -0.39 is 17.3 Å². The van der Waals surface area contributed by atoms with Gasteiger partial charge in [-0.1, -0.05) is 30.3 Å². The lowest BCUT2D eigenvalue weighted by molar-refractivity contribution is -0.897. The van der Waals surface area contributed by atoms with Crippen LogP contribution in [0, 0.1) is 56.7 Å². The highest BCUT2D eigenvalue weighted by Gasteiger charge is 2.58. The zero-order valence-electron chi connectivity index (χ0n) is 17.6. The third-order valence-electron chi connectivity index (χ3n) is 6.93. The highest BCUT2D eigenvalue weighted by atomic mass is 16.5. The number of likely N-dealkylation sites (N-methyl/N-ethyl adjacent to an activating group) is 1. The maximum Gasteiger partial charge on any atom is 0.189 e. The predicted molar refractivity (Wildman–Crippen MR) is 117 cm³/mol. The minimum Gasteiger partial charge on any atom is -0.496 e. The molecule has 0 spiro atoms. The molecule has 6 heteroatoms. The average Bonchev–Trinajstić information content (AvgIpc) is 2.82. The Bertz CT molecular complexity index is 1200. The van der Waals surface area contributed by atoms with Crippen molar-refractivity contribution in [2.45, 2.75) is 12.8 Å². The summed E-state index contributed by atoms with van der Waals surface area (Å²) in [7, 11) is 1.62. The van der Waals surface area contributed by atoms with Crippen molar-refractivity contribution in [2.24, 2.45) is 17.3 Å². The normalized spacial score (nSPS) is 26.7. The van der Waals surface area contributed by atoms with Crippen LogP contribution in [0.25, 0.3) is 10.8 Å². The van der Waals surface area contributed by atoms with Crippen LogP contribution in [0.15, 0.2) is 48.0 Å². The van der Waals surface area contributed by atoms with Crippen LogP contribution in [-0.2, 0) is 0 Å². The molecule has 1 heterocycles. The third-order valence-corrected chi connectivity index (χ3v) is 6.93. The lowest BCUT2D eigenvalue weighted by atomic mass is 9.54. The maximum absolute atomic E-state index is 10.3. The molecule has 0 saturated heterocycles. The predicted octanol–water partition coefficient (Wildman–Crippen LogP) is 2.60. The van der Waals surface area contributed by atoms with Gasteiger partial charge >= 0.3 is 0 Å². The first-order valence-corrected chi connectivity index (χ1v) is 10.5. The van der Waals surface area contributed by atoms with Crippen molar-refractivity contribution in [3.63, 3.8) is 0 Å². The minimum atomic E-state index is -1.70. The van der Waals surface area contributed by atoms with Crippen LogP contribution in [0.1, 0.15) is 18.4 Å². The fourth-order valence-corrected chi connectivity index (χ4v) is 5.34. The van der Waals surface area contributed by atoms with Gasteiger partial charge in [0.25, 0.3) is 0 Å². The van der Waals surface area contributed by atoms with Gasteiger partial charge in [-0.15, -0.1) is 0 Å². The van der Waals surface area contributed by atoms with E-state index in [1.807, 2.05) is 36.4 Å². The first kappa shape index (κ1) is 20.6. The Morgan fingerprint density at radius 1 is 1.13 bits per heavy atom. The van der Waals surface area contributed by atoms with Crippen LogP contribution in [0.5, 0.6) is 5.75 Å². The number of nitrogens with zero attached hydrogens (tertiary/aromatic N) is 3. The molecule has 0 radical (unpaired) electrons. The van der Waals surface area contributed by atoms with Gasteiger partial charge in [0.2, 0.25) is 0 Å². The number of hydrogen-bond donors (Lipinski definition) is 2. The van der Waals surface area contributed by atoms with E-state index in [1.54, 1.807) is 7.11 Å². The minimum absolute atomic E-state index is 0.104. The van der Waals surface area contributed by atoms with Crippen molar-refractivity contribution in [2.75, 3.05) is 26.7 Å². The van der Waals surface area contributed by atoms with Crippen LogP contribution in [0.3, 0.4) is 0 Å². The number of nitriles is 3. The lowest BCUT2D eigenvalue weighted by Crippen LogP contribution is -3.13. The van der Waals surface area contributed by atoms with E-state index in [4.69, 9.17) is 10.1 Å². The van der Waals surface area contributed by atoms with Gasteiger partial charge in [0, 0.05) is 17.2 Å². The summed E-state index contributed by atoms with van der Waals surface area (Å²) >= 11 is 0. The maximum atomic E-state index is 10.3. The molecule has 2 aromatic rings. The largest absolute Gasteiger partial charge is 0.496 e. The van der Waals surface area contributed by atoms with E-state index >= 15 is 0 Å². The van der Waals surface area contributed by atoms with Crippen molar-refractivity contribution in [1.82, 2.24) is 0 Å². The second kappa shape index (κ2) is 7.88. The zero-order chi connectivity index (χ0) is 22.2. The van der Waals surface area contributed by atoms with E-state index in [0.29, 0.717) is 0 Å². The summed E-state index contributed by atoms with van der Waals surface area (Å²) in [6.07, 6.45) is 2.06. The molecular formula is C25H24N5O+. The second-order valence-electron chi connectivity index (χ2n) is 8.21. The lowest BCUT2D eigenvalue weighted by Gasteiger charge is -2.46. The highest BCUT2D eigenvalue weighted by molar-refractivity contribution is 6.02. The zero-order valence-corrected chi connectivity index (χ0v) is 17.6. The summed E-state index contributed by atoms with van der Waals surface area (Å²) in [5, 5.41) is 41.0. The molecule has 2 aromatic carbocycles. The second-order valence-corrected chi connectivity index (χ2v) is 8.21. The van der Waals surface area contributed by atoms with Crippen LogP contribution in [-0.4, -0.2) is 32.5 Å². The molecule has 0 aromatic heterocycles. The molecule has 31 heavy (non-hydrogen) atoms. The van der Waals surface area contributed by atoms with Crippen LogP contribution >= 0.6 is 0 Å². The number of ether oxygens (including phenoxy) is 1. The molecule has 154 valence electrons. The Hall–Kier alpha value is -3.66. The summed E-state index contributed by atoms with van der Waals surface area (Å²) in [5.41, 5.74) is -0.0624. The van der Waals surface area contributed by atoms with Crippen molar-refractivity contribution in [3.05, 3.63) is 53.6 Å². The molecule has 4 atom stereocenters. The van der Waals surface area contributed by atoms with Crippen LogP contribution < -0.4 is 9.64 Å². The monoisotopic (exact) mass is 410 g/mol. The van der Waals surface area contributed by atoms with E-state index in [9.17, 15) is 15.8 Å². The number of quaternary nitrogens is 1. The fourth-order valence-electron chi connectivity index (χ4n) is 5.34. The van der Waals surface area contributed by atoms with Gasteiger partial charge in [0.1, 0.15) is 11.7 Å². The average molecular weight is 411 g/mol. The molecule has 2 N–H and O–H groups in total. The summed E-state index contributed by atoms with van der Waals surface area (Å²) in [6, 6.07) is 18.2. The molecule has 1 saturated carbocycles. The van der Waals surface area contributed by atoms with Gasteiger partial charge in [0.15, 0.2) is 5.41 Å². The van der Waals surface area contributed by atoms with Gasteiger partial charge in [0.05, 0.1) is 50.7 Å². The Morgan fingerprint density at radius 3 is 2.45 bits per heavy atom.